The Morgan fingerprint density at radius 1 is 1.04 bits per heavy atom. The Kier molecular flexibility index (Phi) is 5.49. The van der Waals surface area contributed by atoms with Crippen LogP contribution < -0.4 is 10.6 Å². The zero-order chi connectivity index (χ0) is 18.5. The van der Waals surface area contributed by atoms with Crippen molar-refractivity contribution in [2.45, 2.75) is 20.3 Å². The van der Waals surface area contributed by atoms with Crippen molar-refractivity contribution in [2.24, 2.45) is 0 Å². The summed E-state index contributed by atoms with van der Waals surface area (Å²) in [6, 6.07) is 16.7. The van der Waals surface area contributed by atoms with Gasteiger partial charge in [0.2, 0.25) is 5.95 Å². The number of aromatic nitrogens is 2. The van der Waals surface area contributed by atoms with Gasteiger partial charge in [-0.15, -0.1) is 0 Å². The first-order chi connectivity index (χ1) is 12.6. The Morgan fingerprint density at radius 3 is 2.46 bits per heavy atom. The third kappa shape index (κ3) is 4.18. The van der Waals surface area contributed by atoms with Gasteiger partial charge in [0.25, 0.3) is 5.91 Å². The number of carbonyl (C=O) groups excluding carboxylic acids is 1. The van der Waals surface area contributed by atoms with Gasteiger partial charge in [0, 0.05) is 11.4 Å². The molecule has 0 bridgehead atoms. The van der Waals surface area contributed by atoms with E-state index in [9.17, 15) is 4.79 Å². The number of aryl methyl sites for hydroxylation is 2. The minimum absolute atomic E-state index is 0.272. The van der Waals surface area contributed by atoms with Crippen molar-refractivity contribution in [1.82, 2.24) is 9.97 Å². The number of anilines is 3. The summed E-state index contributed by atoms with van der Waals surface area (Å²) in [6.07, 6.45) is 0.884. The molecule has 3 rings (SSSR count). The second kappa shape index (κ2) is 7.97. The SMILES string of the molecule is CCc1ccccc1Nc1nc(C)cc(C(=O)Nc2ccccc2Cl)n1. The summed E-state index contributed by atoms with van der Waals surface area (Å²) in [7, 11) is 0. The van der Waals surface area contributed by atoms with Gasteiger partial charge in [0.15, 0.2) is 0 Å². The van der Waals surface area contributed by atoms with Gasteiger partial charge in [-0.05, 0) is 43.2 Å². The average Bonchev–Trinajstić information content (AvgIpc) is 2.63. The standard InChI is InChI=1S/C20H19ClN4O/c1-3-14-8-4-6-10-16(14)24-20-22-13(2)12-18(25-20)19(26)23-17-11-7-5-9-15(17)21/h4-12H,3H2,1-2H3,(H,23,26)(H,22,24,25). The van der Waals surface area contributed by atoms with E-state index in [-0.39, 0.29) is 11.6 Å². The molecule has 2 aromatic carbocycles. The third-order valence-electron chi connectivity index (χ3n) is 3.85. The maximum absolute atomic E-state index is 12.6. The number of nitrogens with zero attached hydrogens (tertiary/aromatic N) is 2. The van der Waals surface area contributed by atoms with Gasteiger partial charge in [-0.25, -0.2) is 9.97 Å². The molecule has 0 saturated carbocycles. The molecule has 2 N–H and O–H groups in total. The van der Waals surface area contributed by atoms with Crippen LogP contribution in [-0.2, 0) is 6.42 Å². The van der Waals surface area contributed by atoms with Crippen LogP contribution >= 0.6 is 11.6 Å². The van der Waals surface area contributed by atoms with E-state index < -0.39 is 0 Å². The smallest absolute Gasteiger partial charge is 0.274 e. The Labute approximate surface area is 157 Å². The predicted octanol–water partition coefficient (Wildman–Crippen LogP) is 5.00. The molecule has 0 spiro atoms. The summed E-state index contributed by atoms with van der Waals surface area (Å²) < 4.78 is 0. The average molecular weight is 367 g/mol. The Hall–Kier alpha value is -2.92. The second-order valence-corrected chi connectivity index (χ2v) is 6.20. The molecule has 6 heteroatoms. The highest BCUT2D eigenvalue weighted by atomic mass is 35.5. The molecule has 0 aliphatic rings. The fourth-order valence-corrected chi connectivity index (χ4v) is 2.74. The molecule has 1 amide bonds. The van der Waals surface area contributed by atoms with Crippen molar-refractivity contribution >= 4 is 34.8 Å². The van der Waals surface area contributed by atoms with E-state index in [1.54, 1.807) is 30.3 Å². The summed E-state index contributed by atoms with van der Waals surface area (Å²) in [5.74, 6) is 0.0469. The van der Waals surface area contributed by atoms with E-state index in [2.05, 4.69) is 27.5 Å². The van der Waals surface area contributed by atoms with Crippen LogP contribution in [0.2, 0.25) is 5.02 Å². The lowest BCUT2D eigenvalue weighted by molar-refractivity contribution is 0.102. The Balaban J connectivity index is 1.85. The molecule has 0 unspecified atom stereocenters. The van der Waals surface area contributed by atoms with Gasteiger partial charge < -0.3 is 10.6 Å². The lowest BCUT2D eigenvalue weighted by Crippen LogP contribution is -2.16. The molecule has 0 atom stereocenters. The number of benzene rings is 2. The second-order valence-electron chi connectivity index (χ2n) is 5.79. The maximum atomic E-state index is 12.6. The van der Waals surface area contributed by atoms with Crippen LogP contribution in [0.3, 0.4) is 0 Å². The van der Waals surface area contributed by atoms with Gasteiger partial charge in [-0.3, -0.25) is 4.79 Å². The zero-order valence-electron chi connectivity index (χ0n) is 14.6. The fraction of sp³-hybridized carbons (Fsp3) is 0.150. The van der Waals surface area contributed by atoms with Crippen LogP contribution in [0.15, 0.2) is 54.6 Å². The van der Waals surface area contributed by atoms with Gasteiger partial charge >= 0.3 is 0 Å². The van der Waals surface area contributed by atoms with Crippen molar-refractivity contribution in [1.29, 1.82) is 0 Å². The van der Waals surface area contributed by atoms with E-state index >= 15 is 0 Å². The van der Waals surface area contributed by atoms with Gasteiger partial charge in [-0.2, -0.15) is 0 Å². The molecular weight excluding hydrogens is 348 g/mol. The van der Waals surface area contributed by atoms with Crippen LogP contribution in [0.1, 0.15) is 28.7 Å². The summed E-state index contributed by atoms with van der Waals surface area (Å²) in [6.45, 7) is 3.91. The molecule has 0 saturated heterocycles. The summed E-state index contributed by atoms with van der Waals surface area (Å²) in [5, 5.41) is 6.46. The minimum Gasteiger partial charge on any atom is -0.324 e. The number of halogens is 1. The molecule has 0 aliphatic heterocycles. The molecule has 0 fully saturated rings. The first kappa shape index (κ1) is 17.9. The largest absolute Gasteiger partial charge is 0.324 e. The van der Waals surface area contributed by atoms with E-state index in [0.29, 0.717) is 22.4 Å². The van der Waals surface area contributed by atoms with Crippen LogP contribution in [0.4, 0.5) is 17.3 Å². The lowest BCUT2D eigenvalue weighted by atomic mass is 10.1. The van der Waals surface area contributed by atoms with Crippen molar-refractivity contribution in [2.75, 3.05) is 10.6 Å². The molecule has 0 aliphatic carbocycles. The van der Waals surface area contributed by atoms with Crippen LogP contribution in [-0.4, -0.2) is 15.9 Å². The normalized spacial score (nSPS) is 10.4. The van der Waals surface area contributed by atoms with Gasteiger partial charge in [0.05, 0.1) is 10.7 Å². The molecule has 1 heterocycles. The van der Waals surface area contributed by atoms with E-state index in [4.69, 9.17) is 11.6 Å². The van der Waals surface area contributed by atoms with Crippen LogP contribution in [0.25, 0.3) is 0 Å². The summed E-state index contributed by atoms with van der Waals surface area (Å²) >= 11 is 6.10. The first-order valence-electron chi connectivity index (χ1n) is 8.33. The quantitative estimate of drug-likeness (QED) is 0.667. The van der Waals surface area contributed by atoms with Gasteiger partial charge in [-0.1, -0.05) is 48.9 Å². The van der Waals surface area contributed by atoms with E-state index in [1.807, 2.05) is 31.2 Å². The topological polar surface area (TPSA) is 66.9 Å². The highest BCUT2D eigenvalue weighted by Gasteiger charge is 2.13. The van der Waals surface area contributed by atoms with Crippen LogP contribution in [0.5, 0.6) is 0 Å². The number of rotatable bonds is 5. The molecule has 26 heavy (non-hydrogen) atoms. The Bertz CT molecular complexity index is 943. The molecule has 1 aromatic heterocycles. The monoisotopic (exact) mass is 366 g/mol. The number of hydrogen-bond acceptors (Lipinski definition) is 4. The van der Waals surface area contributed by atoms with Crippen molar-refractivity contribution in [3.63, 3.8) is 0 Å². The number of nitrogens with one attached hydrogen (secondary N) is 2. The first-order valence-corrected chi connectivity index (χ1v) is 8.71. The van der Waals surface area contributed by atoms with Crippen molar-refractivity contribution in [3.05, 3.63) is 76.6 Å². The van der Waals surface area contributed by atoms with E-state index in [1.165, 1.54) is 0 Å². The molecule has 0 radical (unpaired) electrons. The van der Waals surface area contributed by atoms with Crippen LogP contribution in [0, 0.1) is 6.92 Å². The zero-order valence-corrected chi connectivity index (χ0v) is 15.3. The minimum atomic E-state index is -0.338. The maximum Gasteiger partial charge on any atom is 0.274 e. The molecule has 5 nitrogen and oxygen atoms in total. The Morgan fingerprint density at radius 2 is 1.73 bits per heavy atom. The van der Waals surface area contributed by atoms with E-state index in [0.717, 1.165) is 17.7 Å². The highest BCUT2D eigenvalue weighted by Crippen LogP contribution is 2.22. The molecular formula is C20H19ClN4O. The number of carbonyl (C=O) groups is 1. The molecule has 3 aromatic rings. The van der Waals surface area contributed by atoms with Crippen molar-refractivity contribution < 1.29 is 4.79 Å². The lowest BCUT2D eigenvalue weighted by Gasteiger charge is -2.11. The third-order valence-corrected chi connectivity index (χ3v) is 4.18. The summed E-state index contributed by atoms with van der Waals surface area (Å²) in [5.41, 5.74) is 3.59. The fourth-order valence-electron chi connectivity index (χ4n) is 2.56. The van der Waals surface area contributed by atoms with Crippen molar-refractivity contribution in [3.8, 4) is 0 Å². The number of amides is 1. The summed E-state index contributed by atoms with van der Waals surface area (Å²) in [4.78, 5) is 21.3. The highest BCUT2D eigenvalue weighted by molar-refractivity contribution is 6.33. The van der Waals surface area contributed by atoms with Gasteiger partial charge in [0.1, 0.15) is 5.69 Å². The number of para-hydroxylation sites is 2. The number of hydrogen-bond donors (Lipinski definition) is 2. The predicted molar refractivity (Wildman–Crippen MR) is 105 cm³/mol. The molecule has 132 valence electrons.